The Bertz CT molecular complexity index is 432. The summed E-state index contributed by atoms with van der Waals surface area (Å²) in [6, 6.07) is 7.95. The molecule has 1 aliphatic heterocycles. The van der Waals surface area contributed by atoms with Gasteiger partial charge in [-0.25, -0.2) is 0 Å². The van der Waals surface area contributed by atoms with Crippen LogP contribution < -0.4 is 14.9 Å². The Morgan fingerprint density at radius 1 is 1.17 bits per heavy atom. The van der Waals surface area contributed by atoms with Crippen LogP contribution in [0.3, 0.4) is 0 Å². The molecule has 1 aromatic rings. The van der Waals surface area contributed by atoms with Crippen molar-refractivity contribution in [3.63, 3.8) is 0 Å². The Hall–Kier alpha value is -1.55. The third-order valence-electron chi connectivity index (χ3n) is 4.03. The van der Waals surface area contributed by atoms with Crippen LogP contribution in [0.15, 0.2) is 24.3 Å². The standard InChI is InChI=1S/C14H18N2O2/c17-14(18)11-1-3-12(4-2-11)15-7-9-16(10-8-15)13-5-6-13/h1-4,13H,5-10H2,(H,17,18). The summed E-state index contributed by atoms with van der Waals surface area (Å²) in [7, 11) is 0. The maximum absolute atomic E-state index is 10.7. The number of carbonyl (C=O) groups excluding carboxylic acids is 1. The van der Waals surface area contributed by atoms with E-state index in [4.69, 9.17) is 0 Å². The van der Waals surface area contributed by atoms with Crippen molar-refractivity contribution >= 4 is 11.7 Å². The van der Waals surface area contributed by atoms with Gasteiger partial charge in [-0.15, -0.1) is 0 Å². The van der Waals surface area contributed by atoms with E-state index in [1.807, 2.05) is 12.1 Å². The number of hydrogen-bond donors (Lipinski definition) is 1. The van der Waals surface area contributed by atoms with Crippen molar-refractivity contribution in [1.82, 2.24) is 0 Å². The van der Waals surface area contributed by atoms with Gasteiger partial charge in [0.15, 0.2) is 0 Å². The van der Waals surface area contributed by atoms with E-state index in [-0.39, 0.29) is 5.56 Å². The molecule has 0 radical (unpaired) electrons. The van der Waals surface area contributed by atoms with Crippen molar-refractivity contribution in [2.24, 2.45) is 0 Å². The molecule has 1 aromatic carbocycles. The number of carbonyl (C=O) groups is 1. The molecule has 18 heavy (non-hydrogen) atoms. The van der Waals surface area contributed by atoms with Crippen LogP contribution in [-0.2, 0) is 0 Å². The van der Waals surface area contributed by atoms with Crippen LogP contribution in [0, 0.1) is 0 Å². The maximum atomic E-state index is 10.7. The second-order valence-electron chi connectivity index (χ2n) is 5.25. The van der Waals surface area contributed by atoms with Crippen LogP contribution in [0.25, 0.3) is 0 Å². The largest absolute Gasteiger partial charge is 0.545 e. The minimum Gasteiger partial charge on any atom is -0.545 e. The van der Waals surface area contributed by atoms with Crippen molar-refractivity contribution in [1.29, 1.82) is 0 Å². The van der Waals surface area contributed by atoms with E-state index in [1.54, 1.807) is 17.0 Å². The normalized spacial score (nSPS) is 21.0. The van der Waals surface area contributed by atoms with E-state index in [0.717, 1.165) is 24.8 Å². The van der Waals surface area contributed by atoms with Gasteiger partial charge >= 0.3 is 0 Å². The van der Waals surface area contributed by atoms with Crippen LogP contribution in [0.1, 0.15) is 23.2 Å². The molecule has 0 bridgehead atoms. The molecule has 1 aliphatic carbocycles. The van der Waals surface area contributed by atoms with Crippen LogP contribution >= 0.6 is 0 Å². The van der Waals surface area contributed by atoms with Gasteiger partial charge in [-0.05, 0) is 17.7 Å². The Morgan fingerprint density at radius 3 is 2.28 bits per heavy atom. The van der Waals surface area contributed by atoms with Crippen molar-refractivity contribution in [2.75, 3.05) is 31.1 Å². The van der Waals surface area contributed by atoms with E-state index in [1.165, 1.54) is 25.9 Å². The van der Waals surface area contributed by atoms with Crippen LogP contribution in [-0.4, -0.2) is 38.2 Å². The summed E-state index contributed by atoms with van der Waals surface area (Å²) < 4.78 is 0. The van der Waals surface area contributed by atoms with Gasteiger partial charge in [0, 0.05) is 18.5 Å². The number of carboxylic acids is 1. The number of aromatic carboxylic acids is 1. The molecular formula is C14H18N2O2. The molecule has 2 aliphatic rings. The first kappa shape index (κ1) is 11.5. The molecule has 4 nitrogen and oxygen atoms in total. The lowest BCUT2D eigenvalue weighted by Crippen LogP contribution is -3.16. The van der Waals surface area contributed by atoms with Crippen LogP contribution in [0.5, 0.6) is 0 Å². The van der Waals surface area contributed by atoms with Gasteiger partial charge in [-0.1, -0.05) is 12.1 Å². The zero-order valence-corrected chi connectivity index (χ0v) is 10.4. The number of nitrogens with one attached hydrogen (secondary N) is 1. The van der Waals surface area contributed by atoms with Gasteiger partial charge in [0.05, 0.1) is 38.2 Å². The highest BCUT2D eigenvalue weighted by atomic mass is 16.4. The number of carboxylic acid groups (broad SMARTS) is 1. The number of benzene rings is 1. The molecule has 2 fully saturated rings. The quantitative estimate of drug-likeness (QED) is 0.738. The summed E-state index contributed by atoms with van der Waals surface area (Å²) in [6.07, 6.45) is 2.80. The molecule has 1 saturated heterocycles. The predicted molar refractivity (Wildman–Crippen MR) is 66.7 cm³/mol. The molecule has 3 rings (SSSR count). The van der Waals surface area contributed by atoms with Gasteiger partial charge in [0.25, 0.3) is 0 Å². The Labute approximate surface area is 107 Å². The molecule has 1 saturated carbocycles. The topological polar surface area (TPSA) is 47.8 Å². The molecule has 96 valence electrons. The number of piperazine rings is 1. The van der Waals surface area contributed by atoms with Crippen molar-refractivity contribution < 1.29 is 14.8 Å². The first-order valence-corrected chi connectivity index (χ1v) is 6.65. The maximum Gasteiger partial charge on any atom is 0.0951 e. The smallest absolute Gasteiger partial charge is 0.0951 e. The predicted octanol–water partition coefficient (Wildman–Crippen LogP) is -1.08. The summed E-state index contributed by atoms with van der Waals surface area (Å²) in [5.74, 6) is -1.11. The minimum absolute atomic E-state index is 0.251. The Kier molecular flexibility index (Phi) is 2.96. The molecule has 0 aromatic heterocycles. The molecular weight excluding hydrogens is 228 g/mol. The van der Waals surface area contributed by atoms with Crippen molar-refractivity contribution in [3.05, 3.63) is 29.8 Å². The molecule has 4 heteroatoms. The molecule has 0 amide bonds. The minimum atomic E-state index is -1.11. The van der Waals surface area contributed by atoms with E-state index in [0.29, 0.717) is 0 Å². The summed E-state index contributed by atoms with van der Waals surface area (Å²) in [6.45, 7) is 4.53. The zero-order valence-electron chi connectivity index (χ0n) is 10.4. The van der Waals surface area contributed by atoms with Gasteiger partial charge < -0.3 is 19.7 Å². The number of hydrogen-bond acceptors (Lipinski definition) is 3. The third kappa shape index (κ3) is 2.34. The molecule has 0 spiro atoms. The Balaban J connectivity index is 1.62. The highest BCUT2D eigenvalue weighted by molar-refractivity contribution is 5.86. The average Bonchev–Trinajstić information content (AvgIpc) is 3.23. The second-order valence-corrected chi connectivity index (χ2v) is 5.25. The first-order chi connectivity index (χ1) is 8.74. The highest BCUT2D eigenvalue weighted by Gasteiger charge is 2.35. The fraction of sp³-hybridized carbons (Fsp3) is 0.500. The van der Waals surface area contributed by atoms with Crippen molar-refractivity contribution in [2.45, 2.75) is 18.9 Å². The highest BCUT2D eigenvalue weighted by Crippen LogP contribution is 2.18. The fourth-order valence-electron chi connectivity index (χ4n) is 2.76. The lowest BCUT2D eigenvalue weighted by atomic mass is 10.2. The van der Waals surface area contributed by atoms with Crippen LogP contribution in [0.4, 0.5) is 5.69 Å². The summed E-state index contributed by atoms with van der Waals surface area (Å²) in [5.41, 5.74) is 1.37. The average molecular weight is 246 g/mol. The monoisotopic (exact) mass is 246 g/mol. The fourth-order valence-corrected chi connectivity index (χ4v) is 2.76. The number of quaternary nitrogens is 1. The zero-order chi connectivity index (χ0) is 12.5. The summed E-state index contributed by atoms with van der Waals surface area (Å²) >= 11 is 0. The van der Waals surface area contributed by atoms with Gasteiger partial charge in [0.2, 0.25) is 0 Å². The van der Waals surface area contributed by atoms with Crippen molar-refractivity contribution in [3.8, 4) is 0 Å². The SMILES string of the molecule is O=C([O-])c1ccc(N2CC[NH+](C3CC3)CC2)cc1. The van der Waals surface area contributed by atoms with Gasteiger partial charge in [-0.2, -0.15) is 0 Å². The molecule has 1 N–H and O–H groups in total. The van der Waals surface area contributed by atoms with E-state index in [9.17, 15) is 9.90 Å². The Morgan fingerprint density at radius 2 is 1.78 bits per heavy atom. The van der Waals surface area contributed by atoms with E-state index >= 15 is 0 Å². The summed E-state index contributed by atoms with van der Waals surface area (Å²) in [5, 5.41) is 10.7. The number of nitrogens with zero attached hydrogens (tertiary/aromatic N) is 1. The summed E-state index contributed by atoms with van der Waals surface area (Å²) in [4.78, 5) is 14.8. The van der Waals surface area contributed by atoms with Crippen LogP contribution in [0.2, 0.25) is 0 Å². The number of anilines is 1. The second kappa shape index (κ2) is 4.61. The van der Waals surface area contributed by atoms with E-state index in [2.05, 4.69) is 4.90 Å². The lowest BCUT2D eigenvalue weighted by molar-refractivity contribution is -0.911. The molecule has 1 heterocycles. The molecule has 0 atom stereocenters. The van der Waals surface area contributed by atoms with Gasteiger partial charge in [-0.3, -0.25) is 0 Å². The van der Waals surface area contributed by atoms with E-state index < -0.39 is 5.97 Å². The number of rotatable bonds is 3. The van der Waals surface area contributed by atoms with Gasteiger partial charge in [0.1, 0.15) is 0 Å². The third-order valence-corrected chi connectivity index (χ3v) is 4.03. The first-order valence-electron chi connectivity index (χ1n) is 6.65. The lowest BCUT2D eigenvalue weighted by Gasteiger charge is -2.33. The molecule has 0 unspecified atom stereocenters.